The molecule has 0 bridgehead atoms. The lowest BCUT2D eigenvalue weighted by Crippen LogP contribution is -2.30. The zero-order valence-corrected chi connectivity index (χ0v) is 25.4. The number of carbonyl (C=O) groups excluding carboxylic acids is 2. The average molecular weight is 599 g/mol. The third kappa shape index (κ3) is 7.32. The molecule has 2 N–H and O–H groups in total. The van der Waals surface area contributed by atoms with Crippen LogP contribution in [0.15, 0.2) is 48.8 Å². The van der Waals surface area contributed by atoms with Gasteiger partial charge in [-0.15, -0.1) is 0 Å². The summed E-state index contributed by atoms with van der Waals surface area (Å²) in [6, 6.07) is 12.0. The lowest BCUT2D eigenvalue weighted by molar-refractivity contribution is -0.118. The van der Waals surface area contributed by atoms with Gasteiger partial charge in [-0.05, 0) is 66.5 Å². The lowest BCUT2D eigenvalue weighted by atomic mass is 9.85. The van der Waals surface area contributed by atoms with Crippen molar-refractivity contribution in [3.05, 3.63) is 82.2 Å². The summed E-state index contributed by atoms with van der Waals surface area (Å²) < 4.78 is 42.8. The van der Waals surface area contributed by atoms with Crippen LogP contribution in [0.2, 0.25) is 0 Å². The first-order chi connectivity index (χ1) is 19.9. The van der Waals surface area contributed by atoms with E-state index in [1.54, 1.807) is 31.2 Å². The monoisotopic (exact) mass is 598 g/mol. The molecular weight excluding hydrogens is 560 g/mol. The number of nitrogens with zero attached hydrogens (tertiary/aromatic N) is 1. The minimum atomic E-state index is -3.76. The molecule has 0 fully saturated rings. The number of hydrogen-bond donors (Lipinski definition) is 2. The van der Waals surface area contributed by atoms with E-state index in [1.807, 2.05) is 35.9 Å². The number of fused-ring (bicyclic) bond motifs is 1. The van der Waals surface area contributed by atoms with Crippen LogP contribution in [0.25, 0.3) is 0 Å². The average Bonchev–Trinajstić information content (AvgIpc) is 3.54. The highest BCUT2D eigenvalue weighted by molar-refractivity contribution is 7.89. The van der Waals surface area contributed by atoms with Crippen molar-refractivity contribution in [3.63, 3.8) is 0 Å². The Balaban J connectivity index is 1.67. The van der Waals surface area contributed by atoms with Gasteiger partial charge in [0.05, 0.1) is 45.7 Å². The van der Waals surface area contributed by atoms with Crippen molar-refractivity contribution >= 4 is 21.9 Å². The number of esters is 1. The molecule has 1 aliphatic carbocycles. The molecule has 10 nitrogen and oxygen atoms in total. The summed E-state index contributed by atoms with van der Waals surface area (Å²) in [7, 11) is 0.616. The molecule has 0 aliphatic heterocycles. The van der Waals surface area contributed by atoms with E-state index in [0.717, 1.165) is 24.7 Å². The van der Waals surface area contributed by atoms with E-state index in [9.17, 15) is 23.1 Å². The van der Waals surface area contributed by atoms with Crippen LogP contribution >= 0.6 is 0 Å². The summed E-state index contributed by atoms with van der Waals surface area (Å²) in [4.78, 5) is 25.0. The minimum Gasteiger partial charge on any atom is -0.496 e. The summed E-state index contributed by atoms with van der Waals surface area (Å²) >= 11 is 0. The molecule has 1 aromatic heterocycles. The van der Waals surface area contributed by atoms with E-state index < -0.39 is 28.0 Å². The molecular formula is C31H38N2O8S. The van der Waals surface area contributed by atoms with Gasteiger partial charge < -0.3 is 23.9 Å². The summed E-state index contributed by atoms with van der Waals surface area (Å²) in [5.74, 6) is -0.206. The van der Waals surface area contributed by atoms with Crippen LogP contribution in [0.5, 0.6) is 11.5 Å². The number of nitrogens with one attached hydrogen (secondary N) is 1. The van der Waals surface area contributed by atoms with Gasteiger partial charge >= 0.3 is 5.97 Å². The Morgan fingerprint density at radius 2 is 1.64 bits per heavy atom. The zero-order chi connectivity index (χ0) is 30.6. The maximum atomic E-state index is 12.6. The van der Waals surface area contributed by atoms with E-state index in [-0.39, 0.29) is 17.9 Å². The first-order valence-corrected chi connectivity index (χ1v) is 15.6. The number of aliphatic hydroxyl groups is 1. The molecule has 0 saturated carbocycles. The molecule has 0 saturated heterocycles. The van der Waals surface area contributed by atoms with Crippen molar-refractivity contribution in [2.75, 3.05) is 27.6 Å². The van der Waals surface area contributed by atoms with Gasteiger partial charge in [-0.25, -0.2) is 13.2 Å². The summed E-state index contributed by atoms with van der Waals surface area (Å²) in [5.41, 5.74) is 4.56. The molecule has 2 aromatic carbocycles. The van der Waals surface area contributed by atoms with Gasteiger partial charge in [0.1, 0.15) is 11.5 Å². The second-order valence-corrected chi connectivity index (χ2v) is 12.6. The fourth-order valence-electron chi connectivity index (χ4n) is 5.88. The van der Waals surface area contributed by atoms with Crippen LogP contribution in [0, 0.1) is 18.8 Å². The number of rotatable bonds is 12. The van der Waals surface area contributed by atoms with E-state index in [1.165, 1.54) is 18.2 Å². The molecule has 3 aromatic rings. The van der Waals surface area contributed by atoms with Crippen LogP contribution in [0.3, 0.4) is 0 Å². The van der Waals surface area contributed by atoms with E-state index >= 15 is 0 Å². The third-order valence-electron chi connectivity index (χ3n) is 7.80. The largest absolute Gasteiger partial charge is 0.496 e. The Kier molecular flexibility index (Phi) is 9.63. The number of aliphatic hydroxyl groups excluding tert-OH is 1. The number of carbonyl (C=O) groups is 2. The predicted molar refractivity (Wildman–Crippen MR) is 157 cm³/mol. The molecule has 2 atom stereocenters. The molecule has 1 aliphatic rings. The highest BCUT2D eigenvalue weighted by atomic mass is 32.2. The maximum absolute atomic E-state index is 12.6. The summed E-state index contributed by atoms with van der Waals surface area (Å²) in [5, 5.41) is 11.8. The molecule has 4 rings (SSSR count). The Morgan fingerprint density at radius 1 is 1.05 bits per heavy atom. The first kappa shape index (κ1) is 31.1. The van der Waals surface area contributed by atoms with Crippen LogP contribution in [-0.2, 0) is 45.4 Å². The smallest absolute Gasteiger partial charge is 0.339 e. The second kappa shape index (κ2) is 13.0. The van der Waals surface area contributed by atoms with Crippen molar-refractivity contribution in [1.82, 2.24) is 9.29 Å². The van der Waals surface area contributed by atoms with Gasteiger partial charge in [-0.1, -0.05) is 24.3 Å². The van der Waals surface area contributed by atoms with E-state index in [0.29, 0.717) is 41.5 Å². The lowest BCUT2D eigenvalue weighted by Gasteiger charge is -2.27. The molecule has 42 heavy (non-hydrogen) atoms. The van der Waals surface area contributed by atoms with Crippen molar-refractivity contribution in [2.45, 2.75) is 45.3 Å². The van der Waals surface area contributed by atoms with Gasteiger partial charge in [-0.2, -0.15) is 0 Å². The Morgan fingerprint density at radius 3 is 2.17 bits per heavy atom. The Labute approximate surface area is 246 Å². The summed E-state index contributed by atoms with van der Waals surface area (Å²) in [6.45, 7) is 2.21. The molecule has 1 amide bonds. The van der Waals surface area contributed by atoms with Crippen molar-refractivity contribution < 1.29 is 37.3 Å². The highest BCUT2D eigenvalue weighted by Gasteiger charge is 2.31. The Bertz CT molecular complexity index is 1510. The molecule has 0 radical (unpaired) electrons. The van der Waals surface area contributed by atoms with Crippen LogP contribution in [0.4, 0.5) is 0 Å². The summed E-state index contributed by atoms with van der Waals surface area (Å²) in [6.07, 6.45) is 5.34. The maximum Gasteiger partial charge on any atom is 0.339 e. The van der Waals surface area contributed by atoms with Crippen LogP contribution < -0.4 is 14.2 Å². The number of benzene rings is 2. The number of sulfonamides is 1. The SMILES string of the molecule is COC(=O)c1cn(CC(CC2Cc3ccccc3C2)C(O)c2cc(OC)c(C)c(OC)c2)cc1CC(=O)NS(C)(=O)=O. The Hall–Kier alpha value is -3.83. The van der Waals surface area contributed by atoms with Crippen molar-refractivity contribution in [2.24, 2.45) is 11.8 Å². The fraction of sp³-hybridized carbons (Fsp3) is 0.419. The van der Waals surface area contributed by atoms with Crippen LogP contribution in [0.1, 0.15) is 50.7 Å². The molecule has 11 heteroatoms. The molecule has 1 heterocycles. The van der Waals surface area contributed by atoms with Crippen molar-refractivity contribution in [1.29, 1.82) is 0 Å². The quantitative estimate of drug-likeness (QED) is 0.303. The van der Waals surface area contributed by atoms with Gasteiger partial charge in [0.15, 0.2) is 0 Å². The number of aromatic nitrogens is 1. The normalized spacial score (nSPS) is 14.6. The number of amides is 1. The van der Waals surface area contributed by atoms with Crippen LogP contribution in [-0.4, -0.2) is 57.6 Å². The van der Waals surface area contributed by atoms with Gasteiger partial charge in [0.25, 0.3) is 0 Å². The predicted octanol–water partition coefficient (Wildman–Crippen LogP) is 3.37. The van der Waals surface area contributed by atoms with E-state index in [4.69, 9.17) is 14.2 Å². The highest BCUT2D eigenvalue weighted by Crippen LogP contribution is 2.39. The van der Waals surface area contributed by atoms with Gasteiger partial charge in [-0.3, -0.25) is 9.52 Å². The van der Waals surface area contributed by atoms with Crippen molar-refractivity contribution in [3.8, 4) is 11.5 Å². The number of hydrogen-bond acceptors (Lipinski definition) is 8. The van der Waals surface area contributed by atoms with Gasteiger partial charge in [0, 0.05) is 30.4 Å². The van der Waals surface area contributed by atoms with E-state index in [2.05, 4.69) is 12.1 Å². The number of methoxy groups -OCH3 is 3. The zero-order valence-electron chi connectivity index (χ0n) is 24.5. The topological polar surface area (TPSA) is 133 Å². The van der Waals surface area contributed by atoms with Gasteiger partial charge in [0.2, 0.25) is 15.9 Å². The fourth-order valence-corrected chi connectivity index (χ4v) is 6.37. The molecule has 226 valence electrons. The minimum absolute atomic E-state index is 0.154. The number of ether oxygens (including phenoxy) is 3. The molecule has 2 unspecified atom stereocenters. The second-order valence-electron chi connectivity index (χ2n) is 10.9. The third-order valence-corrected chi connectivity index (χ3v) is 8.40. The molecule has 0 spiro atoms. The standard InChI is InChI=1S/C31H38N2O8S/c1-19-27(39-2)13-23(14-28(19)40-3)30(35)25(12-20-10-21-8-6-7-9-22(21)11-20)17-33-16-24(26(18-33)31(36)41-4)15-29(34)32-42(5,37)38/h6-9,13-14,16,18,20,25,30,35H,10-12,15,17H2,1-5H3,(H,32,34). The first-order valence-electron chi connectivity index (χ1n) is 13.7.